The third-order valence-corrected chi connectivity index (χ3v) is 7.99. The second kappa shape index (κ2) is 9.79. The number of ether oxygens (including phenoxy) is 1. The monoisotopic (exact) mass is 540 g/mol. The maximum Gasteiger partial charge on any atom is 0.417 e. The number of methoxy groups -OCH3 is 1. The Morgan fingerprint density at radius 2 is 1.84 bits per heavy atom. The van der Waals surface area contributed by atoms with Crippen LogP contribution in [0.15, 0.2) is 12.3 Å². The molecule has 2 aromatic rings. The van der Waals surface area contributed by atoms with E-state index in [1.165, 1.54) is 13.2 Å². The van der Waals surface area contributed by atoms with Crippen LogP contribution in [0.3, 0.4) is 0 Å². The summed E-state index contributed by atoms with van der Waals surface area (Å²) in [6, 6.07) is 0.494. The molecule has 0 spiro atoms. The lowest BCUT2D eigenvalue weighted by Gasteiger charge is -2.40. The summed E-state index contributed by atoms with van der Waals surface area (Å²) in [7, 11) is 1.39. The predicted octanol–water partition coefficient (Wildman–Crippen LogP) is 2.75. The maximum atomic E-state index is 14.3. The Morgan fingerprint density at radius 3 is 2.45 bits per heavy atom. The van der Waals surface area contributed by atoms with Crippen LogP contribution in [0, 0.1) is 11.7 Å². The summed E-state index contributed by atoms with van der Waals surface area (Å²) in [4.78, 5) is 35.9. The van der Waals surface area contributed by atoms with Gasteiger partial charge in [0.25, 0.3) is 5.91 Å². The fraction of sp³-hybridized carbons (Fsp3) is 0.625. The van der Waals surface area contributed by atoms with E-state index in [1.54, 1.807) is 4.90 Å². The fourth-order valence-corrected chi connectivity index (χ4v) is 5.87. The first-order valence-electron chi connectivity index (χ1n) is 12.5. The molecule has 1 aliphatic carbocycles. The number of amides is 2. The van der Waals surface area contributed by atoms with Crippen molar-refractivity contribution >= 4 is 11.8 Å². The number of nitrogens with one attached hydrogen (secondary N) is 2. The number of hydrogen-bond acceptors (Lipinski definition) is 7. The van der Waals surface area contributed by atoms with Gasteiger partial charge in [0, 0.05) is 30.1 Å². The van der Waals surface area contributed by atoms with Crippen LogP contribution in [0.4, 0.5) is 17.6 Å². The fourth-order valence-electron chi connectivity index (χ4n) is 5.87. The van der Waals surface area contributed by atoms with Gasteiger partial charge in [-0.25, -0.2) is 14.4 Å². The minimum absolute atomic E-state index is 0.0157. The minimum atomic E-state index is -4.69. The Hall–Kier alpha value is -3.29. The van der Waals surface area contributed by atoms with Gasteiger partial charge < -0.3 is 20.1 Å². The second-order valence-electron chi connectivity index (χ2n) is 10.3. The molecule has 4 heterocycles. The van der Waals surface area contributed by atoms with E-state index in [-0.39, 0.29) is 59.8 Å². The molecule has 1 unspecified atom stereocenters. The number of piperidine rings is 1. The molecule has 2 saturated heterocycles. The number of H-pyrrole nitrogens is 1. The topological polar surface area (TPSA) is 133 Å². The second-order valence-corrected chi connectivity index (χ2v) is 10.3. The van der Waals surface area contributed by atoms with Crippen LogP contribution < -0.4 is 10.1 Å². The Morgan fingerprint density at radius 1 is 1.18 bits per heavy atom. The molecule has 1 saturated carbocycles. The Balaban J connectivity index is 1.20. The van der Waals surface area contributed by atoms with E-state index in [4.69, 9.17) is 4.74 Å². The lowest BCUT2D eigenvalue weighted by Crippen LogP contribution is -2.53. The summed E-state index contributed by atoms with van der Waals surface area (Å²) in [5.41, 5.74) is -2.67. The van der Waals surface area contributed by atoms with Crippen molar-refractivity contribution < 1.29 is 37.0 Å². The van der Waals surface area contributed by atoms with Gasteiger partial charge in [0.1, 0.15) is 0 Å². The van der Waals surface area contributed by atoms with Gasteiger partial charge in [-0.05, 0) is 51.4 Å². The summed E-state index contributed by atoms with van der Waals surface area (Å²) < 4.78 is 58.4. The number of pyridine rings is 1. The van der Waals surface area contributed by atoms with E-state index in [0.717, 1.165) is 6.20 Å². The lowest BCUT2D eigenvalue weighted by atomic mass is 9.81. The molecule has 14 heteroatoms. The molecule has 3 N–H and O–H groups in total. The van der Waals surface area contributed by atoms with Crippen molar-refractivity contribution in [3.05, 3.63) is 23.9 Å². The van der Waals surface area contributed by atoms with Gasteiger partial charge in [0.05, 0.1) is 18.9 Å². The molecule has 2 aromatic heterocycles. The SMILES string of the molecule is COc1cc(-c2n[nH]c(C(=O)N3[C@@H]4CC[C@H]3CC(C(=O)NC3CCC(O)(C(F)(F)F)CC3)C4)n2)c(F)cn1. The first kappa shape index (κ1) is 26.3. The Kier molecular flexibility index (Phi) is 6.78. The molecule has 2 amide bonds. The molecule has 3 fully saturated rings. The van der Waals surface area contributed by atoms with Gasteiger partial charge in [0.2, 0.25) is 17.6 Å². The lowest BCUT2D eigenvalue weighted by molar-refractivity contribution is -0.270. The Labute approximate surface area is 215 Å². The first-order valence-corrected chi connectivity index (χ1v) is 12.5. The van der Waals surface area contributed by atoms with Crippen LogP contribution in [-0.2, 0) is 4.79 Å². The van der Waals surface area contributed by atoms with Gasteiger partial charge >= 0.3 is 6.18 Å². The standard InChI is InChI=1S/C24H28F4N6O4/c1-38-18-10-16(17(25)11-29-18)19-31-20(33-32-19)22(36)34-14-2-3-15(34)9-12(8-14)21(35)30-13-4-6-23(37,7-5-13)24(26,27)28/h10-15,37H,2-9H2,1H3,(H,30,35)(H,31,32,33)/t12?,13?,14-,15+,23?. The van der Waals surface area contributed by atoms with Crippen molar-refractivity contribution in [1.82, 2.24) is 30.4 Å². The highest BCUT2D eigenvalue weighted by atomic mass is 19.4. The highest BCUT2D eigenvalue weighted by Gasteiger charge is 2.55. The van der Waals surface area contributed by atoms with Crippen LogP contribution in [0.1, 0.15) is 62.0 Å². The van der Waals surface area contributed by atoms with Gasteiger partial charge in [-0.3, -0.25) is 14.7 Å². The number of carbonyl (C=O) groups is 2. The highest BCUT2D eigenvalue weighted by molar-refractivity contribution is 5.92. The van der Waals surface area contributed by atoms with Crippen LogP contribution in [0.25, 0.3) is 11.4 Å². The zero-order valence-corrected chi connectivity index (χ0v) is 20.6. The van der Waals surface area contributed by atoms with E-state index < -0.39 is 42.4 Å². The Bertz CT molecular complexity index is 1200. The van der Waals surface area contributed by atoms with E-state index >= 15 is 0 Å². The average molecular weight is 541 g/mol. The molecule has 5 rings (SSSR count). The third kappa shape index (κ3) is 4.81. The zero-order valence-electron chi connectivity index (χ0n) is 20.6. The molecule has 3 atom stereocenters. The first-order chi connectivity index (χ1) is 18.0. The average Bonchev–Trinajstić information content (AvgIpc) is 3.47. The summed E-state index contributed by atoms with van der Waals surface area (Å²) in [5, 5.41) is 19.3. The highest BCUT2D eigenvalue weighted by Crippen LogP contribution is 2.42. The number of aliphatic hydroxyl groups is 1. The van der Waals surface area contributed by atoms with Crippen molar-refractivity contribution in [1.29, 1.82) is 0 Å². The van der Waals surface area contributed by atoms with Crippen LogP contribution >= 0.6 is 0 Å². The molecule has 38 heavy (non-hydrogen) atoms. The number of rotatable bonds is 5. The molecular formula is C24H28F4N6O4. The van der Waals surface area contributed by atoms with Crippen molar-refractivity contribution in [3.63, 3.8) is 0 Å². The summed E-state index contributed by atoms with van der Waals surface area (Å²) in [5.74, 6) is -1.56. The molecule has 0 aromatic carbocycles. The number of hydrogen-bond donors (Lipinski definition) is 3. The van der Waals surface area contributed by atoms with Gasteiger partial charge in [-0.2, -0.15) is 18.3 Å². The number of aromatic nitrogens is 4. The number of aromatic amines is 1. The van der Waals surface area contributed by atoms with Gasteiger partial charge in [0.15, 0.2) is 17.2 Å². The molecule has 206 valence electrons. The van der Waals surface area contributed by atoms with E-state index in [9.17, 15) is 32.3 Å². The van der Waals surface area contributed by atoms with E-state index in [1.807, 2.05) is 0 Å². The van der Waals surface area contributed by atoms with Gasteiger partial charge in [-0.15, -0.1) is 0 Å². The predicted molar refractivity (Wildman–Crippen MR) is 123 cm³/mol. The molecule has 0 radical (unpaired) electrons. The number of nitrogens with zero attached hydrogens (tertiary/aromatic N) is 4. The number of fused-ring (bicyclic) bond motifs is 2. The zero-order chi connectivity index (χ0) is 27.2. The number of alkyl halides is 3. The van der Waals surface area contributed by atoms with Crippen molar-refractivity contribution in [2.24, 2.45) is 5.92 Å². The summed E-state index contributed by atoms with van der Waals surface area (Å²) >= 11 is 0. The smallest absolute Gasteiger partial charge is 0.417 e. The van der Waals surface area contributed by atoms with Crippen molar-refractivity contribution in [2.75, 3.05) is 7.11 Å². The summed E-state index contributed by atoms with van der Waals surface area (Å²) in [6.45, 7) is 0. The largest absolute Gasteiger partial charge is 0.481 e. The quantitative estimate of drug-likeness (QED) is 0.497. The van der Waals surface area contributed by atoms with Crippen LogP contribution in [0.2, 0.25) is 0 Å². The molecule has 2 aliphatic heterocycles. The molecule has 2 bridgehead atoms. The van der Waals surface area contributed by atoms with Crippen molar-refractivity contribution in [2.45, 2.75) is 81.3 Å². The third-order valence-electron chi connectivity index (χ3n) is 7.99. The minimum Gasteiger partial charge on any atom is -0.481 e. The molecular weight excluding hydrogens is 512 g/mol. The van der Waals surface area contributed by atoms with Crippen LogP contribution in [0.5, 0.6) is 5.88 Å². The molecule has 3 aliphatic rings. The van der Waals surface area contributed by atoms with Gasteiger partial charge in [-0.1, -0.05) is 0 Å². The van der Waals surface area contributed by atoms with E-state index in [2.05, 4.69) is 25.5 Å². The normalized spacial score (nSPS) is 29.3. The number of halogens is 4. The van der Waals surface area contributed by atoms with Crippen LogP contribution in [-0.4, -0.2) is 79.0 Å². The summed E-state index contributed by atoms with van der Waals surface area (Å²) in [6.07, 6.45) is -2.26. The van der Waals surface area contributed by atoms with E-state index in [0.29, 0.717) is 25.7 Å². The maximum absolute atomic E-state index is 14.3. The van der Waals surface area contributed by atoms with Crippen molar-refractivity contribution in [3.8, 4) is 17.3 Å². The molecule has 10 nitrogen and oxygen atoms in total. The number of carbonyl (C=O) groups excluding carboxylic acids is 2.